The molecule has 0 spiro atoms. The highest BCUT2D eigenvalue weighted by Gasteiger charge is 2.30. The SMILES string of the molecule is C[C@H](Sc1ccc(Cl)cc1)C(=O)N/N=C\c1cccc(C(F)(F)F)c1. The number of hydrogen-bond acceptors (Lipinski definition) is 3. The fraction of sp³-hybridized carbons (Fsp3) is 0.176. The second-order valence-corrected chi connectivity index (χ2v) is 6.92. The third-order valence-corrected chi connectivity index (χ3v) is 4.46. The van der Waals surface area contributed by atoms with Crippen molar-refractivity contribution < 1.29 is 18.0 Å². The van der Waals surface area contributed by atoms with Crippen molar-refractivity contribution in [3.8, 4) is 0 Å². The number of benzene rings is 2. The summed E-state index contributed by atoms with van der Waals surface area (Å²) >= 11 is 7.12. The van der Waals surface area contributed by atoms with Crippen molar-refractivity contribution in [2.45, 2.75) is 23.2 Å². The van der Waals surface area contributed by atoms with Crippen LogP contribution in [0, 0.1) is 0 Å². The Bertz CT molecular complexity index is 763. The summed E-state index contributed by atoms with van der Waals surface area (Å²) in [4.78, 5) is 12.8. The molecule has 0 saturated heterocycles. The summed E-state index contributed by atoms with van der Waals surface area (Å²) in [5.74, 6) is -0.358. The Morgan fingerprint density at radius 2 is 1.92 bits per heavy atom. The first-order chi connectivity index (χ1) is 11.8. The topological polar surface area (TPSA) is 41.5 Å². The van der Waals surface area contributed by atoms with E-state index >= 15 is 0 Å². The van der Waals surface area contributed by atoms with Gasteiger partial charge in [0.2, 0.25) is 0 Å². The fourth-order valence-corrected chi connectivity index (χ4v) is 2.81. The quantitative estimate of drug-likeness (QED) is 0.447. The number of carbonyl (C=O) groups excluding carboxylic acids is 1. The molecular formula is C17H14ClF3N2OS. The van der Waals surface area contributed by atoms with Crippen molar-refractivity contribution in [3.63, 3.8) is 0 Å². The van der Waals surface area contributed by atoms with E-state index in [-0.39, 0.29) is 11.5 Å². The van der Waals surface area contributed by atoms with Crippen LogP contribution in [0.25, 0.3) is 0 Å². The Balaban J connectivity index is 1.92. The van der Waals surface area contributed by atoms with Crippen LogP contribution in [0.2, 0.25) is 5.02 Å². The third kappa shape index (κ3) is 6.10. The summed E-state index contributed by atoms with van der Waals surface area (Å²) < 4.78 is 37.9. The van der Waals surface area contributed by atoms with Crippen LogP contribution in [-0.2, 0) is 11.0 Å². The van der Waals surface area contributed by atoms with Crippen LogP contribution in [0.15, 0.2) is 58.5 Å². The maximum absolute atomic E-state index is 12.6. The highest BCUT2D eigenvalue weighted by molar-refractivity contribution is 8.00. The van der Waals surface area contributed by atoms with E-state index in [0.717, 1.165) is 17.0 Å². The number of amides is 1. The maximum atomic E-state index is 12.6. The highest BCUT2D eigenvalue weighted by Crippen LogP contribution is 2.29. The molecule has 2 aromatic rings. The van der Waals surface area contributed by atoms with Gasteiger partial charge in [-0.05, 0) is 48.9 Å². The Kier molecular flexibility index (Phi) is 6.50. The van der Waals surface area contributed by atoms with Gasteiger partial charge in [-0.25, -0.2) is 5.43 Å². The standard InChI is InChI=1S/C17H14ClF3N2OS/c1-11(25-15-7-5-14(18)6-8-15)16(24)23-22-10-12-3-2-4-13(9-12)17(19,20)21/h2-11H,1H3,(H,23,24)/b22-10-/t11-/m0/s1. The molecular weight excluding hydrogens is 373 g/mol. The second kappa shape index (κ2) is 8.40. The van der Waals surface area contributed by atoms with E-state index < -0.39 is 17.0 Å². The van der Waals surface area contributed by atoms with Gasteiger partial charge in [-0.2, -0.15) is 18.3 Å². The first kappa shape index (κ1) is 19.3. The van der Waals surface area contributed by atoms with Gasteiger partial charge in [0, 0.05) is 9.92 Å². The number of hydrogen-bond donors (Lipinski definition) is 1. The average Bonchev–Trinajstić information content (AvgIpc) is 2.56. The van der Waals surface area contributed by atoms with E-state index in [1.165, 1.54) is 30.1 Å². The van der Waals surface area contributed by atoms with Gasteiger partial charge in [-0.1, -0.05) is 23.7 Å². The summed E-state index contributed by atoms with van der Waals surface area (Å²) in [6.45, 7) is 1.70. The normalized spacial score (nSPS) is 13.0. The van der Waals surface area contributed by atoms with E-state index in [9.17, 15) is 18.0 Å². The Hall–Kier alpha value is -1.99. The molecule has 1 atom stereocenters. The number of thioether (sulfide) groups is 1. The smallest absolute Gasteiger partial charge is 0.272 e. The zero-order chi connectivity index (χ0) is 18.4. The van der Waals surface area contributed by atoms with Crippen molar-refractivity contribution in [3.05, 3.63) is 64.7 Å². The number of nitrogens with zero attached hydrogens (tertiary/aromatic N) is 1. The van der Waals surface area contributed by atoms with Crippen molar-refractivity contribution in [2.24, 2.45) is 5.10 Å². The minimum absolute atomic E-state index is 0.244. The number of hydrazone groups is 1. The molecule has 2 rings (SSSR count). The van der Waals surface area contributed by atoms with Gasteiger partial charge < -0.3 is 0 Å². The van der Waals surface area contributed by atoms with Crippen LogP contribution in [0.5, 0.6) is 0 Å². The van der Waals surface area contributed by atoms with Gasteiger partial charge >= 0.3 is 6.18 Å². The first-order valence-corrected chi connectivity index (χ1v) is 8.44. The zero-order valence-corrected chi connectivity index (χ0v) is 14.6. The molecule has 0 saturated carbocycles. The number of halogens is 4. The van der Waals surface area contributed by atoms with Crippen molar-refractivity contribution in [2.75, 3.05) is 0 Å². The van der Waals surface area contributed by atoms with E-state index in [2.05, 4.69) is 10.5 Å². The molecule has 1 amide bonds. The van der Waals surface area contributed by atoms with Crippen LogP contribution >= 0.6 is 23.4 Å². The van der Waals surface area contributed by atoms with Gasteiger partial charge in [-0.15, -0.1) is 11.8 Å². The summed E-state index contributed by atoms with van der Waals surface area (Å²) in [5, 5.41) is 3.89. The molecule has 0 fully saturated rings. The molecule has 1 N–H and O–H groups in total. The van der Waals surface area contributed by atoms with Crippen molar-refractivity contribution >= 4 is 35.5 Å². The van der Waals surface area contributed by atoms with Gasteiger partial charge in [0.1, 0.15) is 0 Å². The molecule has 0 aliphatic carbocycles. The first-order valence-electron chi connectivity index (χ1n) is 7.18. The molecule has 0 heterocycles. The lowest BCUT2D eigenvalue weighted by molar-refractivity contribution is -0.137. The molecule has 25 heavy (non-hydrogen) atoms. The predicted molar refractivity (Wildman–Crippen MR) is 94.0 cm³/mol. The lowest BCUT2D eigenvalue weighted by Crippen LogP contribution is -2.26. The monoisotopic (exact) mass is 386 g/mol. The number of alkyl halides is 3. The Morgan fingerprint density at radius 3 is 2.56 bits per heavy atom. The molecule has 0 bridgehead atoms. The Morgan fingerprint density at radius 1 is 1.24 bits per heavy atom. The van der Waals surface area contributed by atoms with E-state index in [0.29, 0.717) is 5.02 Å². The van der Waals surface area contributed by atoms with Gasteiger partial charge in [0.05, 0.1) is 17.0 Å². The summed E-state index contributed by atoms with van der Waals surface area (Å²) in [7, 11) is 0. The molecule has 8 heteroatoms. The third-order valence-electron chi connectivity index (χ3n) is 3.10. The molecule has 0 unspecified atom stereocenters. The number of carbonyl (C=O) groups is 1. The highest BCUT2D eigenvalue weighted by atomic mass is 35.5. The molecule has 0 aliphatic rings. The number of rotatable bonds is 5. The van der Waals surface area contributed by atoms with Crippen LogP contribution in [0.3, 0.4) is 0 Å². The molecule has 0 aliphatic heterocycles. The van der Waals surface area contributed by atoms with Crippen LogP contribution < -0.4 is 5.43 Å². The number of nitrogens with one attached hydrogen (secondary N) is 1. The molecule has 2 aromatic carbocycles. The van der Waals surface area contributed by atoms with Crippen LogP contribution in [0.1, 0.15) is 18.1 Å². The molecule has 0 radical (unpaired) electrons. The summed E-state index contributed by atoms with van der Waals surface area (Å²) in [5.41, 5.74) is 1.80. The van der Waals surface area contributed by atoms with Gasteiger partial charge in [-0.3, -0.25) is 4.79 Å². The molecule has 132 valence electrons. The van der Waals surface area contributed by atoms with Gasteiger partial charge in [0.25, 0.3) is 5.91 Å². The Labute approximate surface area is 152 Å². The summed E-state index contributed by atoms with van der Waals surface area (Å²) in [6, 6.07) is 11.7. The van der Waals surface area contributed by atoms with E-state index in [4.69, 9.17) is 11.6 Å². The van der Waals surface area contributed by atoms with E-state index in [1.807, 2.05) is 0 Å². The van der Waals surface area contributed by atoms with Crippen LogP contribution in [0.4, 0.5) is 13.2 Å². The lowest BCUT2D eigenvalue weighted by atomic mass is 10.1. The minimum atomic E-state index is -4.42. The minimum Gasteiger partial charge on any atom is -0.272 e. The summed E-state index contributed by atoms with van der Waals surface area (Å²) in [6.07, 6.45) is -3.25. The largest absolute Gasteiger partial charge is 0.416 e. The lowest BCUT2D eigenvalue weighted by Gasteiger charge is -2.09. The van der Waals surface area contributed by atoms with Crippen molar-refractivity contribution in [1.29, 1.82) is 0 Å². The van der Waals surface area contributed by atoms with E-state index in [1.54, 1.807) is 31.2 Å². The average molecular weight is 387 g/mol. The molecule has 3 nitrogen and oxygen atoms in total. The van der Waals surface area contributed by atoms with Gasteiger partial charge in [0.15, 0.2) is 0 Å². The van der Waals surface area contributed by atoms with Crippen LogP contribution in [-0.4, -0.2) is 17.4 Å². The maximum Gasteiger partial charge on any atom is 0.416 e. The van der Waals surface area contributed by atoms with Crippen molar-refractivity contribution in [1.82, 2.24) is 5.43 Å². The zero-order valence-electron chi connectivity index (χ0n) is 13.0. The second-order valence-electron chi connectivity index (χ2n) is 5.07. The molecule has 0 aromatic heterocycles. The predicted octanol–water partition coefficient (Wildman–Crippen LogP) is 4.99. The fourth-order valence-electron chi connectivity index (χ4n) is 1.83.